The molecule has 11 nitrogen and oxygen atoms in total. The van der Waals surface area contributed by atoms with Gasteiger partial charge in [0.2, 0.25) is 17.6 Å². The Morgan fingerprint density at radius 1 is 0.978 bits per heavy atom. The van der Waals surface area contributed by atoms with Crippen LogP contribution in [0.1, 0.15) is 78.6 Å². The van der Waals surface area contributed by atoms with Gasteiger partial charge in [0, 0.05) is 24.8 Å². The minimum Gasteiger partial charge on any atom is -0.346 e. The zero-order valence-corrected chi connectivity index (χ0v) is 27.6. The number of carbonyl (C=O) groups is 6. The molecule has 0 radical (unpaired) electrons. The van der Waals surface area contributed by atoms with Gasteiger partial charge < -0.3 is 26.2 Å². The molecule has 1 saturated heterocycles. The van der Waals surface area contributed by atoms with E-state index in [1.165, 1.54) is 22.7 Å². The van der Waals surface area contributed by atoms with Crippen LogP contribution in [0.2, 0.25) is 0 Å². The highest BCUT2D eigenvalue weighted by Crippen LogP contribution is 2.35. The summed E-state index contributed by atoms with van der Waals surface area (Å²) in [4.78, 5) is 80.8. The molecule has 248 valence electrons. The second-order valence-corrected chi connectivity index (χ2v) is 14.3. The molecular weight excluding hydrogens is 594 g/mol. The van der Waals surface area contributed by atoms with Crippen molar-refractivity contribution in [2.24, 2.45) is 17.3 Å². The van der Waals surface area contributed by atoms with Crippen LogP contribution in [0.5, 0.6) is 0 Å². The summed E-state index contributed by atoms with van der Waals surface area (Å²) in [6.45, 7) is 9.39. The summed E-state index contributed by atoms with van der Waals surface area (Å²) in [5.74, 6) is 0.347. The molecule has 2 saturated carbocycles. The number of Topliss-reactive ketones (excluding diaryl/α,β-unsaturated/α-hetero) is 2. The lowest BCUT2D eigenvalue weighted by molar-refractivity contribution is -0.143. The van der Waals surface area contributed by atoms with Crippen molar-refractivity contribution in [3.63, 3.8) is 0 Å². The molecule has 3 fully saturated rings. The SMILES string of the molecule is C#CCSCC(NC(=O)C1CCCN1C(=O)C(NC(=O)NC(C(=O)C1CC1)C1CCCCC1)C(C)(C)C)C(=O)C(=O)NCC=C. The molecule has 0 spiro atoms. The molecule has 1 aliphatic heterocycles. The summed E-state index contributed by atoms with van der Waals surface area (Å²) in [5.41, 5.74) is -0.716. The molecule has 3 aliphatic rings. The van der Waals surface area contributed by atoms with E-state index in [1.807, 2.05) is 20.8 Å². The summed E-state index contributed by atoms with van der Waals surface area (Å²) < 4.78 is 0. The van der Waals surface area contributed by atoms with Gasteiger partial charge in [-0.15, -0.1) is 24.8 Å². The third kappa shape index (κ3) is 10.3. The number of thioether (sulfide) groups is 1. The van der Waals surface area contributed by atoms with E-state index in [4.69, 9.17) is 6.42 Å². The van der Waals surface area contributed by atoms with Crippen LogP contribution in [-0.4, -0.2) is 89.0 Å². The van der Waals surface area contributed by atoms with E-state index in [-0.39, 0.29) is 35.7 Å². The topological polar surface area (TPSA) is 154 Å². The van der Waals surface area contributed by atoms with Gasteiger partial charge in [-0.05, 0) is 49.9 Å². The van der Waals surface area contributed by atoms with Crippen molar-refractivity contribution in [3.05, 3.63) is 12.7 Å². The highest BCUT2D eigenvalue weighted by molar-refractivity contribution is 7.99. The van der Waals surface area contributed by atoms with Gasteiger partial charge in [0.05, 0.1) is 11.8 Å². The number of urea groups is 1. The lowest BCUT2D eigenvalue weighted by Crippen LogP contribution is -2.61. The Bertz CT molecular complexity index is 1170. The Kier molecular flexibility index (Phi) is 13.5. The number of hydrogen-bond donors (Lipinski definition) is 4. The largest absolute Gasteiger partial charge is 0.346 e. The number of likely N-dealkylation sites (tertiary alicyclic amines) is 1. The molecule has 4 atom stereocenters. The first-order valence-electron chi connectivity index (χ1n) is 16.0. The Balaban J connectivity index is 1.72. The molecule has 5 amide bonds. The van der Waals surface area contributed by atoms with Crippen molar-refractivity contribution >= 4 is 47.1 Å². The zero-order valence-electron chi connectivity index (χ0n) is 26.8. The van der Waals surface area contributed by atoms with E-state index in [9.17, 15) is 28.8 Å². The van der Waals surface area contributed by atoms with Crippen LogP contribution in [0.3, 0.4) is 0 Å². The maximum atomic E-state index is 14.0. The number of nitrogens with one attached hydrogen (secondary N) is 4. The Labute approximate surface area is 271 Å². The Hall–Kier alpha value is -3.33. The van der Waals surface area contributed by atoms with Crippen LogP contribution in [0, 0.1) is 29.6 Å². The van der Waals surface area contributed by atoms with E-state index in [0.29, 0.717) is 19.4 Å². The third-order valence-corrected chi connectivity index (χ3v) is 9.59. The Morgan fingerprint density at radius 2 is 1.67 bits per heavy atom. The first-order chi connectivity index (χ1) is 21.4. The standard InChI is InChI=1S/C33H49N5O6S/c1-6-17-34-30(42)27(40)23(20-45-19-7-2)35-29(41)24-14-11-18-38(24)31(43)28(33(3,4)5)37-32(44)36-25(26(39)22-15-16-22)21-12-9-8-10-13-21/h2,6,21-25,28H,1,8-20H2,3-5H3,(H,34,42)(H,35,41)(H2,36,37,44). The summed E-state index contributed by atoms with van der Waals surface area (Å²) in [6.07, 6.45) is 14.3. The van der Waals surface area contributed by atoms with Crippen LogP contribution in [0.4, 0.5) is 4.79 Å². The maximum Gasteiger partial charge on any atom is 0.316 e. The number of rotatable bonds is 15. The normalized spacial score (nSPS) is 20.6. The zero-order chi connectivity index (χ0) is 33.1. The molecule has 3 rings (SSSR count). The highest BCUT2D eigenvalue weighted by Gasteiger charge is 2.44. The fraction of sp³-hybridized carbons (Fsp3) is 0.697. The number of amides is 5. The summed E-state index contributed by atoms with van der Waals surface area (Å²) in [7, 11) is 0. The quantitative estimate of drug-likeness (QED) is 0.0925. The van der Waals surface area contributed by atoms with Gasteiger partial charge in [-0.25, -0.2) is 4.79 Å². The summed E-state index contributed by atoms with van der Waals surface area (Å²) >= 11 is 1.23. The minimum atomic E-state index is -1.14. The maximum absolute atomic E-state index is 14.0. The lowest BCUT2D eigenvalue weighted by Gasteiger charge is -2.36. The predicted molar refractivity (Wildman–Crippen MR) is 174 cm³/mol. The van der Waals surface area contributed by atoms with Crippen LogP contribution >= 0.6 is 11.8 Å². The van der Waals surface area contributed by atoms with Crippen molar-refractivity contribution in [1.82, 2.24) is 26.2 Å². The number of carbonyl (C=O) groups excluding carboxylic acids is 6. The molecule has 0 aromatic rings. The van der Waals surface area contributed by atoms with Crippen LogP contribution < -0.4 is 21.3 Å². The van der Waals surface area contributed by atoms with Gasteiger partial charge in [0.25, 0.3) is 5.91 Å². The molecule has 4 unspecified atom stereocenters. The fourth-order valence-electron chi connectivity index (χ4n) is 6.04. The molecular formula is C33H49N5O6S. The van der Waals surface area contributed by atoms with Crippen molar-refractivity contribution in [3.8, 4) is 12.3 Å². The molecule has 12 heteroatoms. The number of ketones is 2. The van der Waals surface area contributed by atoms with Crippen LogP contribution in [-0.2, 0) is 24.0 Å². The molecule has 45 heavy (non-hydrogen) atoms. The minimum absolute atomic E-state index is 0.00474. The first-order valence-corrected chi connectivity index (χ1v) is 17.2. The van der Waals surface area contributed by atoms with E-state index in [2.05, 4.69) is 33.8 Å². The van der Waals surface area contributed by atoms with E-state index < -0.39 is 59.1 Å². The average Bonchev–Trinajstić information content (AvgIpc) is 3.75. The second kappa shape index (κ2) is 16.8. The number of hydrogen-bond acceptors (Lipinski definition) is 7. The van der Waals surface area contributed by atoms with Crippen molar-refractivity contribution in [2.75, 3.05) is 24.6 Å². The van der Waals surface area contributed by atoms with Gasteiger partial charge in [-0.3, -0.25) is 24.0 Å². The molecule has 4 N–H and O–H groups in total. The molecule has 2 aliphatic carbocycles. The smallest absolute Gasteiger partial charge is 0.316 e. The van der Waals surface area contributed by atoms with Gasteiger partial charge in [0.1, 0.15) is 18.1 Å². The number of terminal acetylenes is 1. The average molecular weight is 644 g/mol. The van der Waals surface area contributed by atoms with Gasteiger partial charge in [-0.2, -0.15) is 0 Å². The number of nitrogens with zero attached hydrogens (tertiary/aromatic N) is 1. The predicted octanol–water partition coefficient (Wildman–Crippen LogP) is 2.34. The van der Waals surface area contributed by atoms with Crippen LogP contribution in [0.25, 0.3) is 0 Å². The fourth-order valence-corrected chi connectivity index (χ4v) is 6.74. The summed E-state index contributed by atoms with van der Waals surface area (Å²) in [6, 6.07) is -4.16. The summed E-state index contributed by atoms with van der Waals surface area (Å²) in [5, 5.41) is 10.9. The van der Waals surface area contributed by atoms with E-state index >= 15 is 0 Å². The van der Waals surface area contributed by atoms with E-state index in [0.717, 1.165) is 44.9 Å². The lowest BCUT2D eigenvalue weighted by atomic mass is 9.81. The van der Waals surface area contributed by atoms with E-state index in [1.54, 1.807) is 0 Å². The van der Waals surface area contributed by atoms with Gasteiger partial charge in [0.15, 0.2) is 5.78 Å². The molecule has 1 heterocycles. The highest BCUT2D eigenvalue weighted by atomic mass is 32.2. The molecule has 0 bridgehead atoms. The van der Waals surface area contributed by atoms with Crippen LogP contribution in [0.15, 0.2) is 12.7 Å². The van der Waals surface area contributed by atoms with Crippen molar-refractivity contribution in [2.45, 2.75) is 103 Å². The Morgan fingerprint density at radius 3 is 2.27 bits per heavy atom. The molecule has 0 aromatic heterocycles. The van der Waals surface area contributed by atoms with Gasteiger partial charge >= 0.3 is 6.03 Å². The molecule has 0 aromatic carbocycles. The first kappa shape index (κ1) is 36.1. The monoisotopic (exact) mass is 643 g/mol. The van der Waals surface area contributed by atoms with Crippen molar-refractivity contribution < 1.29 is 28.8 Å². The van der Waals surface area contributed by atoms with Gasteiger partial charge in [-0.1, -0.05) is 52.0 Å². The van der Waals surface area contributed by atoms with Crippen molar-refractivity contribution in [1.29, 1.82) is 0 Å². The third-order valence-electron chi connectivity index (χ3n) is 8.65. The second-order valence-electron chi connectivity index (χ2n) is 13.3.